The van der Waals surface area contributed by atoms with E-state index < -0.39 is 12.3 Å². The SMILES string of the molecule is Cc1c(C(=O)Nc2ccccc2)c(-c2ccccc2)c(-c2ccc(F)cc2)n1CCC1=CC(=O)OC1O. The molecule has 1 aliphatic rings. The summed E-state index contributed by atoms with van der Waals surface area (Å²) < 4.78 is 20.7. The Kier molecular flexibility index (Phi) is 6.70. The highest BCUT2D eigenvalue weighted by molar-refractivity contribution is 6.12. The van der Waals surface area contributed by atoms with E-state index in [0.717, 1.165) is 16.8 Å². The van der Waals surface area contributed by atoms with Crippen molar-refractivity contribution in [2.24, 2.45) is 0 Å². The fourth-order valence-electron chi connectivity index (χ4n) is 4.68. The molecule has 2 heterocycles. The van der Waals surface area contributed by atoms with Gasteiger partial charge in [0, 0.05) is 35.1 Å². The van der Waals surface area contributed by atoms with Crippen LogP contribution in [0.25, 0.3) is 22.4 Å². The maximum atomic E-state index is 13.9. The Labute approximate surface area is 213 Å². The third-order valence-electron chi connectivity index (χ3n) is 6.43. The van der Waals surface area contributed by atoms with Crippen LogP contribution >= 0.6 is 0 Å². The summed E-state index contributed by atoms with van der Waals surface area (Å²) in [5.41, 5.74) is 5.33. The standard InChI is InChI=1S/C30H25FN2O4/c1-19-26(29(35)32-24-10-6-3-7-11-24)27(20-8-4-2-5-9-20)28(21-12-14-23(31)15-13-21)33(19)17-16-22-18-25(34)37-30(22)36/h2-15,18,30,36H,16-17H2,1H3,(H,32,35). The normalized spacial score (nSPS) is 14.8. The van der Waals surface area contributed by atoms with Crippen LogP contribution < -0.4 is 5.32 Å². The number of benzene rings is 3. The van der Waals surface area contributed by atoms with E-state index in [9.17, 15) is 19.1 Å². The van der Waals surface area contributed by atoms with Crippen molar-refractivity contribution in [3.05, 3.63) is 114 Å². The van der Waals surface area contributed by atoms with E-state index in [1.807, 2.05) is 72.2 Å². The first-order valence-electron chi connectivity index (χ1n) is 11.9. The lowest BCUT2D eigenvalue weighted by Crippen LogP contribution is -2.15. The number of nitrogens with zero attached hydrogens (tertiary/aromatic N) is 1. The molecular formula is C30H25FN2O4. The van der Waals surface area contributed by atoms with Gasteiger partial charge in [0.2, 0.25) is 6.29 Å². The molecule has 0 saturated carbocycles. The molecule has 2 N–H and O–H groups in total. The smallest absolute Gasteiger partial charge is 0.333 e. The zero-order valence-electron chi connectivity index (χ0n) is 20.1. The number of ether oxygens (including phenoxy) is 1. The van der Waals surface area contributed by atoms with E-state index in [2.05, 4.69) is 5.32 Å². The second kappa shape index (κ2) is 10.2. The third-order valence-corrected chi connectivity index (χ3v) is 6.43. The molecule has 7 heteroatoms. The molecule has 1 atom stereocenters. The summed E-state index contributed by atoms with van der Waals surface area (Å²) in [5.74, 6) is -1.22. The van der Waals surface area contributed by atoms with Crippen LogP contribution in [0.2, 0.25) is 0 Å². The van der Waals surface area contributed by atoms with Gasteiger partial charge in [-0.1, -0.05) is 48.5 Å². The average molecular weight is 497 g/mol. The quantitative estimate of drug-likeness (QED) is 0.321. The van der Waals surface area contributed by atoms with Gasteiger partial charge in [-0.3, -0.25) is 4.79 Å². The number of cyclic esters (lactones) is 1. The maximum Gasteiger partial charge on any atom is 0.333 e. The van der Waals surface area contributed by atoms with Crippen LogP contribution in [0.1, 0.15) is 22.5 Å². The van der Waals surface area contributed by atoms with E-state index >= 15 is 0 Å². The fourth-order valence-corrected chi connectivity index (χ4v) is 4.68. The molecule has 6 nitrogen and oxygen atoms in total. The van der Waals surface area contributed by atoms with Gasteiger partial charge in [0.15, 0.2) is 0 Å². The van der Waals surface area contributed by atoms with Gasteiger partial charge < -0.3 is 19.7 Å². The van der Waals surface area contributed by atoms with Crippen LogP contribution in [0.15, 0.2) is 96.6 Å². The van der Waals surface area contributed by atoms with Crippen molar-refractivity contribution in [2.45, 2.75) is 26.2 Å². The minimum atomic E-state index is -1.29. The Hall–Kier alpha value is -4.49. The number of aliphatic hydroxyl groups excluding tert-OH is 1. The molecule has 1 amide bonds. The fraction of sp³-hybridized carbons (Fsp3) is 0.133. The number of esters is 1. The molecule has 0 bridgehead atoms. The van der Waals surface area contributed by atoms with E-state index in [1.54, 1.807) is 12.1 Å². The molecular weight excluding hydrogens is 471 g/mol. The highest BCUT2D eigenvalue weighted by atomic mass is 19.1. The number of nitrogens with one attached hydrogen (secondary N) is 1. The molecule has 4 aromatic rings. The maximum absolute atomic E-state index is 13.9. The molecule has 37 heavy (non-hydrogen) atoms. The summed E-state index contributed by atoms with van der Waals surface area (Å²) in [6.07, 6.45) is 0.333. The second-order valence-corrected chi connectivity index (χ2v) is 8.79. The van der Waals surface area contributed by atoms with Crippen molar-refractivity contribution < 1.29 is 23.8 Å². The Morgan fingerprint density at radius 2 is 1.62 bits per heavy atom. The van der Waals surface area contributed by atoms with E-state index in [4.69, 9.17) is 4.74 Å². The lowest BCUT2D eigenvalue weighted by Gasteiger charge is -2.15. The number of carbonyl (C=O) groups is 2. The van der Waals surface area contributed by atoms with E-state index in [1.165, 1.54) is 18.2 Å². The first kappa shape index (κ1) is 24.2. The number of halogens is 1. The number of hydrogen-bond acceptors (Lipinski definition) is 4. The molecule has 0 radical (unpaired) electrons. The third kappa shape index (κ3) is 4.94. The largest absolute Gasteiger partial charge is 0.429 e. The van der Waals surface area contributed by atoms with Gasteiger partial charge in [0.25, 0.3) is 5.91 Å². The van der Waals surface area contributed by atoms with Crippen molar-refractivity contribution in [1.82, 2.24) is 4.57 Å². The lowest BCUT2D eigenvalue weighted by molar-refractivity contribution is -0.151. The van der Waals surface area contributed by atoms with Crippen LogP contribution in [-0.4, -0.2) is 27.8 Å². The van der Waals surface area contributed by atoms with Crippen LogP contribution in [-0.2, 0) is 16.1 Å². The van der Waals surface area contributed by atoms with Gasteiger partial charge in [0.1, 0.15) is 5.82 Å². The second-order valence-electron chi connectivity index (χ2n) is 8.79. The first-order chi connectivity index (χ1) is 17.9. The minimum Gasteiger partial charge on any atom is -0.429 e. The van der Waals surface area contributed by atoms with Crippen molar-refractivity contribution in [3.8, 4) is 22.4 Å². The molecule has 0 fully saturated rings. The summed E-state index contributed by atoms with van der Waals surface area (Å²) in [6.45, 7) is 2.22. The van der Waals surface area contributed by atoms with Crippen molar-refractivity contribution in [2.75, 3.05) is 5.32 Å². The predicted molar refractivity (Wildman–Crippen MR) is 139 cm³/mol. The topological polar surface area (TPSA) is 80.6 Å². The highest BCUT2D eigenvalue weighted by Crippen LogP contribution is 2.40. The summed E-state index contributed by atoms with van der Waals surface area (Å²) >= 11 is 0. The number of rotatable bonds is 7. The van der Waals surface area contributed by atoms with Gasteiger partial charge in [-0.2, -0.15) is 0 Å². The number of para-hydroxylation sites is 1. The molecule has 1 aromatic heterocycles. The van der Waals surface area contributed by atoms with Crippen LogP contribution in [0.4, 0.5) is 10.1 Å². The number of amides is 1. The minimum absolute atomic E-state index is 0.275. The van der Waals surface area contributed by atoms with E-state index in [-0.39, 0.29) is 11.7 Å². The van der Waals surface area contributed by atoms with Crippen LogP contribution in [0.3, 0.4) is 0 Å². The van der Waals surface area contributed by atoms with Crippen LogP contribution in [0, 0.1) is 12.7 Å². The molecule has 186 valence electrons. The Morgan fingerprint density at radius 3 is 2.24 bits per heavy atom. The number of anilines is 1. The predicted octanol–water partition coefficient (Wildman–Crippen LogP) is 5.71. The zero-order chi connectivity index (χ0) is 25.9. The van der Waals surface area contributed by atoms with Crippen molar-refractivity contribution in [1.29, 1.82) is 0 Å². The molecule has 0 spiro atoms. The number of hydrogen-bond donors (Lipinski definition) is 2. The molecule has 0 saturated heterocycles. The van der Waals surface area contributed by atoms with Crippen molar-refractivity contribution in [3.63, 3.8) is 0 Å². The summed E-state index contributed by atoms with van der Waals surface area (Å²) in [7, 11) is 0. The van der Waals surface area contributed by atoms with Gasteiger partial charge in [-0.25, -0.2) is 9.18 Å². The number of carbonyl (C=O) groups excluding carboxylic acids is 2. The summed E-state index contributed by atoms with van der Waals surface area (Å²) in [5, 5.41) is 13.1. The molecule has 1 unspecified atom stereocenters. The Morgan fingerprint density at radius 1 is 0.973 bits per heavy atom. The summed E-state index contributed by atoms with van der Waals surface area (Å²) in [4.78, 5) is 25.3. The van der Waals surface area contributed by atoms with Gasteiger partial charge in [0.05, 0.1) is 11.3 Å². The Bertz CT molecular complexity index is 1480. The molecule has 3 aromatic carbocycles. The average Bonchev–Trinajstić information content (AvgIpc) is 3.38. The number of aromatic nitrogens is 1. The number of aliphatic hydroxyl groups is 1. The van der Waals surface area contributed by atoms with Gasteiger partial charge >= 0.3 is 5.97 Å². The van der Waals surface area contributed by atoms with Crippen LogP contribution in [0.5, 0.6) is 0 Å². The van der Waals surface area contributed by atoms with Gasteiger partial charge in [-0.15, -0.1) is 0 Å². The molecule has 0 aliphatic carbocycles. The monoisotopic (exact) mass is 496 g/mol. The van der Waals surface area contributed by atoms with Crippen molar-refractivity contribution >= 4 is 17.6 Å². The van der Waals surface area contributed by atoms with Gasteiger partial charge in [-0.05, 0) is 60.9 Å². The first-order valence-corrected chi connectivity index (χ1v) is 11.9. The molecule has 1 aliphatic heterocycles. The summed E-state index contributed by atoms with van der Waals surface area (Å²) in [6, 6.07) is 24.9. The molecule has 5 rings (SSSR count). The Balaban J connectivity index is 1.68. The lowest BCUT2D eigenvalue weighted by atomic mass is 9.96. The zero-order valence-corrected chi connectivity index (χ0v) is 20.1. The van der Waals surface area contributed by atoms with E-state index in [0.29, 0.717) is 41.0 Å². The highest BCUT2D eigenvalue weighted by Gasteiger charge is 2.29.